The molecule has 4 aromatic rings. The van der Waals surface area contributed by atoms with Crippen LogP contribution >= 0.6 is 0 Å². The molecule has 10 heteroatoms. The van der Waals surface area contributed by atoms with E-state index in [1.807, 2.05) is 12.1 Å². The molecule has 0 unspecified atom stereocenters. The molecule has 4 rings (SSSR count). The molecule has 0 aliphatic carbocycles. The number of aromatic amines is 1. The van der Waals surface area contributed by atoms with E-state index < -0.39 is 27.6 Å². The van der Waals surface area contributed by atoms with E-state index in [9.17, 15) is 26.4 Å². The van der Waals surface area contributed by atoms with Crippen molar-refractivity contribution in [3.8, 4) is 0 Å². The van der Waals surface area contributed by atoms with Gasteiger partial charge in [-0.2, -0.15) is 13.2 Å². The van der Waals surface area contributed by atoms with Gasteiger partial charge in [-0.25, -0.2) is 13.2 Å². The van der Waals surface area contributed by atoms with Crippen LogP contribution in [0.2, 0.25) is 0 Å². The van der Waals surface area contributed by atoms with Crippen LogP contribution in [0.25, 0.3) is 10.9 Å². The predicted molar refractivity (Wildman–Crippen MR) is 124 cm³/mol. The molecule has 0 fully saturated rings. The van der Waals surface area contributed by atoms with Crippen molar-refractivity contribution in [2.45, 2.75) is 23.7 Å². The van der Waals surface area contributed by atoms with Crippen LogP contribution < -0.4 is 10.6 Å². The highest BCUT2D eigenvalue weighted by atomic mass is 32.2. The number of aromatic nitrogens is 1. The molecule has 0 radical (unpaired) electrons. The Hall–Kier alpha value is -3.79. The van der Waals surface area contributed by atoms with Gasteiger partial charge in [-0.3, -0.25) is 0 Å². The third-order valence-electron chi connectivity index (χ3n) is 5.20. The SMILES string of the molecule is Cc1ccc(NC(=O)Nc2cccc(C(F)(F)F)c2)cc1S(=O)(=O)Cc1ccc2[nH]ccc2c1. The number of alkyl halides is 3. The highest BCUT2D eigenvalue weighted by Gasteiger charge is 2.30. The Kier molecular flexibility index (Phi) is 6.09. The average Bonchev–Trinajstić information content (AvgIpc) is 3.22. The fraction of sp³-hybridized carbons (Fsp3) is 0.125. The van der Waals surface area contributed by atoms with E-state index in [-0.39, 0.29) is 22.0 Å². The Labute approximate surface area is 193 Å². The molecule has 34 heavy (non-hydrogen) atoms. The number of anilines is 2. The Bertz CT molecular complexity index is 1480. The van der Waals surface area contributed by atoms with Crippen LogP contribution in [0.1, 0.15) is 16.7 Å². The molecule has 176 valence electrons. The second-order valence-electron chi connectivity index (χ2n) is 7.80. The summed E-state index contributed by atoms with van der Waals surface area (Å²) in [6.45, 7) is 1.65. The molecule has 0 atom stereocenters. The van der Waals surface area contributed by atoms with Gasteiger partial charge in [-0.15, -0.1) is 0 Å². The van der Waals surface area contributed by atoms with Gasteiger partial charge >= 0.3 is 12.2 Å². The quantitative estimate of drug-likeness (QED) is 0.317. The first-order chi connectivity index (χ1) is 16.0. The lowest BCUT2D eigenvalue weighted by Gasteiger charge is -2.13. The Morgan fingerprint density at radius 3 is 2.41 bits per heavy atom. The van der Waals surface area contributed by atoms with Crippen LogP contribution in [0.4, 0.5) is 29.3 Å². The zero-order valence-electron chi connectivity index (χ0n) is 17.9. The van der Waals surface area contributed by atoms with Crippen molar-refractivity contribution in [2.75, 3.05) is 10.6 Å². The van der Waals surface area contributed by atoms with Gasteiger partial charge in [0.2, 0.25) is 0 Å². The van der Waals surface area contributed by atoms with E-state index in [1.165, 1.54) is 24.3 Å². The van der Waals surface area contributed by atoms with E-state index in [2.05, 4.69) is 15.6 Å². The maximum Gasteiger partial charge on any atom is 0.416 e. The lowest BCUT2D eigenvalue weighted by Crippen LogP contribution is -2.20. The Balaban J connectivity index is 1.51. The molecular formula is C24H20F3N3O3S. The highest BCUT2D eigenvalue weighted by molar-refractivity contribution is 7.90. The number of urea groups is 1. The molecule has 0 saturated heterocycles. The Morgan fingerprint density at radius 1 is 0.941 bits per heavy atom. The number of hydrogen-bond acceptors (Lipinski definition) is 3. The second-order valence-corrected chi connectivity index (χ2v) is 9.75. The second kappa shape index (κ2) is 8.86. The average molecular weight is 488 g/mol. The van der Waals surface area contributed by atoms with Gasteiger partial charge in [0.05, 0.1) is 16.2 Å². The smallest absolute Gasteiger partial charge is 0.361 e. The normalized spacial score (nSPS) is 12.0. The summed E-state index contributed by atoms with van der Waals surface area (Å²) in [6, 6.07) is 15.0. The van der Waals surface area contributed by atoms with Gasteiger partial charge in [0.25, 0.3) is 0 Å². The van der Waals surface area contributed by atoms with Crippen molar-refractivity contribution in [2.24, 2.45) is 0 Å². The maximum atomic E-state index is 13.1. The van der Waals surface area contributed by atoms with Crippen molar-refractivity contribution in [1.29, 1.82) is 0 Å². The Morgan fingerprint density at radius 2 is 1.68 bits per heavy atom. The number of halogens is 3. The van der Waals surface area contributed by atoms with Crippen LogP contribution in [0.15, 0.2) is 77.8 Å². The molecule has 1 heterocycles. The number of carbonyl (C=O) groups excluding carboxylic acids is 1. The lowest BCUT2D eigenvalue weighted by molar-refractivity contribution is -0.137. The van der Waals surface area contributed by atoms with Gasteiger partial charge in [0.1, 0.15) is 0 Å². The third kappa shape index (κ3) is 5.23. The maximum absolute atomic E-state index is 13.1. The molecule has 0 bridgehead atoms. The topological polar surface area (TPSA) is 91.1 Å². The molecule has 6 nitrogen and oxygen atoms in total. The molecule has 0 spiro atoms. The summed E-state index contributed by atoms with van der Waals surface area (Å²) in [7, 11) is -3.74. The van der Waals surface area contributed by atoms with Crippen LogP contribution in [-0.4, -0.2) is 19.4 Å². The lowest BCUT2D eigenvalue weighted by atomic mass is 10.2. The molecule has 1 aromatic heterocycles. The van der Waals surface area contributed by atoms with Crippen LogP contribution in [0, 0.1) is 6.92 Å². The summed E-state index contributed by atoms with van der Waals surface area (Å²) < 4.78 is 64.9. The number of aryl methyl sites for hydroxylation is 1. The number of rotatable bonds is 5. The summed E-state index contributed by atoms with van der Waals surface area (Å²) >= 11 is 0. The van der Waals surface area contributed by atoms with Gasteiger partial charge in [-0.05, 0) is 72.0 Å². The molecule has 3 N–H and O–H groups in total. The first-order valence-electron chi connectivity index (χ1n) is 10.2. The first kappa shape index (κ1) is 23.4. The number of fused-ring (bicyclic) bond motifs is 1. The summed E-state index contributed by atoms with van der Waals surface area (Å²) in [4.78, 5) is 15.4. The first-order valence-corrected chi connectivity index (χ1v) is 11.8. The molecule has 0 saturated carbocycles. The third-order valence-corrected chi connectivity index (χ3v) is 7.03. The molecule has 0 aliphatic rings. The van der Waals surface area contributed by atoms with E-state index in [4.69, 9.17) is 0 Å². The number of amides is 2. The summed E-state index contributed by atoms with van der Waals surface area (Å²) in [6.07, 6.45) is -2.77. The minimum atomic E-state index is -4.54. The van der Waals surface area contributed by atoms with Crippen molar-refractivity contribution in [3.63, 3.8) is 0 Å². The summed E-state index contributed by atoms with van der Waals surface area (Å²) in [5.74, 6) is -0.227. The van der Waals surface area contributed by atoms with Crippen LogP contribution in [0.5, 0.6) is 0 Å². The summed E-state index contributed by atoms with van der Waals surface area (Å²) in [5, 5.41) is 5.70. The van der Waals surface area contributed by atoms with Crippen molar-refractivity contribution < 1.29 is 26.4 Å². The molecule has 2 amide bonds. The molecule has 0 aliphatic heterocycles. The van der Waals surface area contributed by atoms with E-state index in [0.717, 1.165) is 23.0 Å². The number of nitrogens with one attached hydrogen (secondary N) is 3. The van der Waals surface area contributed by atoms with Crippen molar-refractivity contribution in [3.05, 3.63) is 89.6 Å². The van der Waals surface area contributed by atoms with Crippen LogP contribution in [-0.2, 0) is 21.8 Å². The predicted octanol–water partition coefficient (Wildman–Crippen LogP) is 6.11. The minimum Gasteiger partial charge on any atom is -0.361 e. The van der Waals surface area contributed by atoms with Gasteiger partial charge < -0.3 is 15.6 Å². The van der Waals surface area contributed by atoms with E-state index >= 15 is 0 Å². The van der Waals surface area contributed by atoms with Crippen molar-refractivity contribution in [1.82, 2.24) is 4.98 Å². The van der Waals surface area contributed by atoms with Crippen LogP contribution in [0.3, 0.4) is 0 Å². The monoisotopic (exact) mass is 487 g/mol. The standard InChI is InChI=1S/C24H20F3N3O3S/c1-15-5-7-20(30-23(31)29-19-4-2-3-18(12-19)24(25,26)27)13-22(15)34(32,33)14-16-6-8-21-17(11-16)9-10-28-21/h2-13,28H,14H2,1H3,(H2,29,30,31). The van der Waals surface area contributed by atoms with Gasteiger partial charge in [-0.1, -0.05) is 18.2 Å². The number of hydrogen-bond donors (Lipinski definition) is 3. The largest absolute Gasteiger partial charge is 0.416 e. The fourth-order valence-electron chi connectivity index (χ4n) is 3.57. The van der Waals surface area contributed by atoms with Gasteiger partial charge in [0, 0.05) is 23.1 Å². The number of benzene rings is 3. The highest BCUT2D eigenvalue weighted by Crippen LogP contribution is 2.31. The number of carbonyl (C=O) groups is 1. The van der Waals surface area contributed by atoms with E-state index in [1.54, 1.807) is 31.3 Å². The zero-order chi connectivity index (χ0) is 24.5. The molecular weight excluding hydrogens is 467 g/mol. The van der Waals surface area contributed by atoms with E-state index in [0.29, 0.717) is 11.1 Å². The van der Waals surface area contributed by atoms with Gasteiger partial charge in [0.15, 0.2) is 9.84 Å². The summed E-state index contributed by atoms with van der Waals surface area (Å²) in [5.41, 5.74) is 1.27. The zero-order valence-corrected chi connectivity index (χ0v) is 18.7. The van der Waals surface area contributed by atoms with Crippen molar-refractivity contribution >= 4 is 38.1 Å². The number of H-pyrrole nitrogens is 1. The molecule has 3 aromatic carbocycles. The number of sulfone groups is 1. The fourth-order valence-corrected chi connectivity index (χ4v) is 5.21. The minimum absolute atomic E-state index is 0.0487.